The van der Waals surface area contributed by atoms with Crippen LogP contribution in [0.4, 0.5) is 0 Å². The van der Waals surface area contributed by atoms with Crippen LogP contribution in [0.2, 0.25) is 0 Å². The average molecular weight is 459 g/mol. The predicted molar refractivity (Wildman–Crippen MR) is 104 cm³/mol. The lowest BCUT2D eigenvalue weighted by atomic mass is 9.95. The fourth-order valence-electron chi connectivity index (χ4n) is 3.30. The van der Waals surface area contributed by atoms with Gasteiger partial charge in [-0.3, -0.25) is 4.99 Å². The van der Waals surface area contributed by atoms with Crippen LogP contribution in [-0.4, -0.2) is 58.2 Å². The maximum Gasteiger partial charge on any atom is 0.191 e. The molecule has 8 heteroatoms. The first kappa shape index (κ1) is 21.0. The highest BCUT2D eigenvalue weighted by Crippen LogP contribution is 2.28. The van der Waals surface area contributed by atoms with Crippen LogP contribution in [-0.2, 0) is 14.6 Å². The van der Waals surface area contributed by atoms with E-state index in [9.17, 15) is 8.42 Å². The van der Waals surface area contributed by atoms with Crippen molar-refractivity contribution in [3.63, 3.8) is 0 Å². The summed E-state index contributed by atoms with van der Waals surface area (Å²) < 4.78 is 29.1. The van der Waals surface area contributed by atoms with Gasteiger partial charge in [0.2, 0.25) is 0 Å². The van der Waals surface area contributed by atoms with Crippen LogP contribution in [0.25, 0.3) is 0 Å². The molecular weight excluding hydrogens is 429 g/mol. The Morgan fingerprint density at radius 3 is 2.35 bits per heavy atom. The zero-order valence-corrected chi connectivity index (χ0v) is 17.3. The van der Waals surface area contributed by atoms with Crippen molar-refractivity contribution in [2.75, 3.05) is 33.1 Å². The third-order valence-corrected chi connectivity index (χ3v) is 7.06. The fraction of sp³-hybridized carbons (Fsp3) is 0.933. The van der Waals surface area contributed by atoms with E-state index in [4.69, 9.17) is 4.74 Å². The molecule has 2 fully saturated rings. The van der Waals surface area contributed by atoms with Crippen LogP contribution in [0.5, 0.6) is 0 Å². The Bertz CT molecular complexity index is 484. The van der Waals surface area contributed by atoms with Gasteiger partial charge in [0.05, 0.1) is 4.75 Å². The van der Waals surface area contributed by atoms with Gasteiger partial charge >= 0.3 is 0 Å². The van der Waals surface area contributed by atoms with E-state index in [0.29, 0.717) is 44.6 Å². The molecule has 23 heavy (non-hydrogen) atoms. The smallest absolute Gasteiger partial charge is 0.191 e. The summed E-state index contributed by atoms with van der Waals surface area (Å²) in [5.41, 5.74) is 0. The van der Waals surface area contributed by atoms with Gasteiger partial charge in [0.1, 0.15) is 0 Å². The van der Waals surface area contributed by atoms with Gasteiger partial charge in [0, 0.05) is 39.1 Å². The molecule has 2 N–H and O–H groups in total. The molecule has 2 aliphatic rings. The highest BCUT2D eigenvalue weighted by Gasteiger charge is 2.42. The molecule has 6 nitrogen and oxygen atoms in total. The summed E-state index contributed by atoms with van der Waals surface area (Å²) in [5.74, 6) is 0.710. The average Bonchev–Trinajstić information content (AvgIpc) is 2.52. The lowest BCUT2D eigenvalue weighted by Gasteiger charge is -2.36. The third kappa shape index (κ3) is 5.74. The third-order valence-electron chi connectivity index (χ3n) is 4.94. The van der Waals surface area contributed by atoms with E-state index in [1.165, 1.54) is 25.5 Å². The van der Waals surface area contributed by atoms with Crippen LogP contribution in [0.1, 0.15) is 44.9 Å². The summed E-state index contributed by atoms with van der Waals surface area (Å²) in [4.78, 5) is 4.25. The summed E-state index contributed by atoms with van der Waals surface area (Å²) in [6.07, 6.45) is 8.54. The Balaban J connectivity index is 0.00000264. The molecule has 1 heterocycles. The first-order valence-electron chi connectivity index (χ1n) is 8.21. The van der Waals surface area contributed by atoms with Gasteiger partial charge in [-0.05, 0) is 25.7 Å². The minimum absolute atomic E-state index is 0. The Labute approximate surface area is 157 Å². The van der Waals surface area contributed by atoms with Crippen LogP contribution in [0, 0.1) is 0 Å². The van der Waals surface area contributed by atoms with Crippen molar-refractivity contribution < 1.29 is 13.2 Å². The second kappa shape index (κ2) is 9.41. The second-order valence-electron chi connectivity index (χ2n) is 6.47. The normalized spacial score (nSPS) is 23.0. The van der Waals surface area contributed by atoms with E-state index in [-0.39, 0.29) is 24.0 Å². The summed E-state index contributed by atoms with van der Waals surface area (Å²) in [7, 11) is -1.42. The van der Waals surface area contributed by atoms with Gasteiger partial charge in [-0.25, -0.2) is 8.42 Å². The Hall–Kier alpha value is -0.0900. The van der Waals surface area contributed by atoms with Crippen molar-refractivity contribution in [2.45, 2.75) is 55.7 Å². The molecule has 0 bridgehead atoms. The summed E-state index contributed by atoms with van der Waals surface area (Å²) in [6, 6.07) is 0.448. The standard InChI is InChI=1S/C15H29N3O3S.HI/c1-16-14(18-13-6-4-3-5-7-13)17-12-15(22(2,19)20)8-10-21-11-9-15;/h13H,3-12H2,1-2H3,(H2,16,17,18);1H. The van der Waals surface area contributed by atoms with E-state index in [1.54, 1.807) is 7.05 Å². The first-order valence-corrected chi connectivity index (χ1v) is 10.1. The number of halogens is 1. The number of aliphatic imine (C=N–C) groups is 1. The maximum atomic E-state index is 12.2. The van der Waals surface area contributed by atoms with Crippen LogP contribution in [0.15, 0.2) is 4.99 Å². The largest absolute Gasteiger partial charge is 0.381 e. The van der Waals surface area contributed by atoms with Crippen molar-refractivity contribution in [3.05, 3.63) is 0 Å². The molecule has 0 amide bonds. The molecule has 2 rings (SSSR count). The topological polar surface area (TPSA) is 79.8 Å². The number of ether oxygens (including phenoxy) is 1. The monoisotopic (exact) mass is 459 g/mol. The van der Waals surface area contributed by atoms with Gasteiger partial charge < -0.3 is 15.4 Å². The van der Waals surface area contributed by atoms with Crippen molar-refractivity contribution >= 4 is 39.8 Å². The van der Waals surface area contributed by atoms with E-state index in [0.717, 1.165) is 12.8 Å². The van der Waals surface area contributed by atoms with E-state index in [2.05, 4.69) is 15.6 Å². The summed E-state index contributed by atoms with van der Waals surface area (Å²) in [5, 5.41) is 6.66. The highest BCUT2D eigenvalue weighted by molar-refractivity contribution is 14.0. The molecule has 0 atom stereocenters. The minimum atomic E-state index is -3.15. The van der Waals surface area contributed by atoms with Crippen molar-refractivity contribution in [2.24, 2.45) is 4.99 Å². The molecule has 0 radical (unpaired) electrons. The van der Waals surface area contributed by atoms with E-state index >= 15 is 0 Å². The Morgan fingerprint density at radius 2 is 1.83 bits per heavy atom. The van der Waals surface area contributed by atoms with Gasteiger partial charge in [0.25, 0.3) is 0 Å². The number of hydrogen-bond donors (Lipinski definition) is 2. The van der Waals surface area contributed by atoms with Gasteiger partial charge in [0.15, 0.2) is 15.8 Å². The lowest BCUT2D eigenvalue weighted by molar-refractivity contribution is 0.0756. The van der Waals surface area contributed by atoms with Gasteiger partial charge in [-0.2, -0.15) is 0 Å². The highest BCUT2D eigenvalue weighted by atomic mass is 127. The van der Waals surface area contributed by atoms with Crippen LogP contribution in [0.3, 0.4) is 0 Å². The number of rotatable bonds is 4. The molecule has 1 aliphatic heterocycles. The van der Waals surface area contributed by atoms with Crippen molar-refractivity contribution in [1.82, 2.24) is 10.6 Å². The molecule has 1 saturated heterocycles. The van der Waals surface area contributed by atoms with Crippen molar-refractivity contribution in [1.29, 1.82) is 0 Å². The first-order chi connectivity index (χ1) is 10.5. The number of nitrogens with one attached hydrogen (secondary N) is 2. The minimum Gasteiger partial charge on any atom is -0.381 e. The van der Waals surface area contributed by atoms with E-state index in [1.807, 2.05) is 0 Å². The molecule has 1 saturated carbocycles. The van der Waals surface area contributed by atoms with Crippen LogP contribution >= 0.6 is 24.0 Å². The molecule has 0 aromatic rings. The Kier molecular flexibility index (Phi) is 8.57. The molecule has 1 aliphatic carbocycles. The quantitative estimate of drug-likeness (QED) is 0.380. The molecule has 0 spiro atoms. The van der Waals surface area contributed by atoms with Gasteiger partial charge in [-0.15, -0.1) is 24.0 Å². The predicted octanol–water partition coefficient (Wildman–Crippen LogP) is 1.70. The lowest BCUT2D eigenvalue weighted by Crippen LogP contribution is -2.54. The van der Waals surface area contributed by atoms with E-state index < -0.39 is 14.6 Å². The number of guanidine groups is 1. The molecule has 136 valence electrons. The van der Waals surface area contributed by atoms with Crippen LogP contribution < -0.4 is 10.6 Å². The Morgan fingerprint density at radius 1 is 1.22 bits per heavy atom. The summed E-state index contributed by atoms with van der Waals surface area (Å²) in [6.45, 7) is 1.40. The maximum absolute atomic E-state index is 12.2. The molecular formula is C15H30IN3O3S. The fourth-order valence-corrected chi connectivity index (χ4v) is 4.54. The zero-order chi connectivity index (χ0) is 16.1. The number of nitrogens with zero attached hydrogens (tertiary/aromatic N) is 1. The molecule has 0 unspecified atom stereocenters. The number of hydrogen-bond acceptors (Lipinski definition) is 4. The summed E-state index contributed by atoms with van der Waals surface area (Å²) >= 11 is 0. The second-order valence-corrected chi connectivity index (χ2v) is 8.88. The molecule has 0 aromatic carbocycles. The SMILES string of the molecule is CN=C(NCC1(S(C)(=O)=O)CCOCC1)NC1CCCCC1.I. The number of sulfone groups is 1. The van der Waals surface area contributed by atoms with Crippen molar-refractivity contribution in [3.8, 4) is 0 Å². The van der Waals surface area contributed by atoms with Gasteiger partial charge in [-0.1, -0.05) is 19.3 Å². The zero-order valence-electron chi connectivity index (χ0n) is 14.1. The molecule has 0 aromatic heterocycles.